The molecule has 2 rings (SSSR count). The van der Waals surface area contributed by atoms with Gasteiger partial charge in [-0.2, -0.15) is 15.0 Å². The fourth-order valence-corrected chi connectivity index (χ4v) is 1.86. The molecule has 134 valence electrons. The number of esters is 1. The van der Waals surface area contributed by atoms with Crippen LogP contribution in [0.15, 0.2) is 24.3 Å². The minimum Gasteiger partial charge on any atom is -0.490 e. The molecule has 1 aromatic heterocycles. The van der Waals surface area contributed by atoms with E-state index < -0.39 is 5.97 Å². The van der Waals surface area contributed by atoms with Crippen molar-refractivity contribution in [2.45, 2.75) is 13.5 Å². The monoisotopic (exact) mass is 347 g/mol. The molecule has 0 fully saturated rings. The van der Waals surface area contributed by atoms with Crippen LogP contribution in [-0.4, -0.2) is 48.2 Å². The van der Waals surface area contributed by atoms with E-state index in [1.807, 2.05) is 13.0 Å². The first-order valence-electron chi connectivity index (χ1n) is 7.67. The molecular formula is C16H21N5O4. The summed E-state index contributed by atoms with van der Waals surface area (Å²) in [7, 11) is 3.54. The second-order valence-corrected chi connectivity index (χ2v) is 5.13. The summed E-state index contributed by atoms with van der Waals surface area (Å²) in [4.78, 5) is 25.6. The lowest BCUT2D eigenvalue weighted by molar-refractivity contribution is -0.147. The highest BCUT2D eigenvalue weighted by Gasteiger charge is 2.11. The maximum Gasteiger partial charge on any atom is 0.344 e. The van der Waals surface area contributed by atoms with Gasteiger partial charge in [-0.3, -0.25) is 0 Å². The first kappa shape index (κ1) is 18.2. The van der Waals surface area contributed by atoms with Gasteiger partial charge in [-0.1, -0.05) is 12.1 Å². The fraction of sp³-hybridized carbons (Fsp3) is 0.375. The van der Waals surface area contributed by atoms with Crippen LogP contribution < -0.4 is 20.1 Å². The minimum atomic E-state index is -0.559. The van der Waals surface area contributed by atoms with E-state index in [0.717, 1.165) is 0 Å². The van der Waals surface area contributed by atoms with Gasteiger partial charge in [0.2, 0.25) is 11.9 Å². The van der Waals surface area contributed by atoms with E-state index in [4.69, 9.17) is 19.9 Å². The number of nitrogens with zero attached hydrogens (tertiary/aromatic N) is 4. The summed E-state index contributed by atoms with van der Waals surface area (Å²) in [6, 6.07) is 7.10. The van der Waals surface area contributed by atoms with Gasteiger partial charge in [0, 0.05) is 14.1 Å². The third-order valence-electron chi connectivity index (χ3n) is 2.94. The van der Waals surface area contributed by atoms with Gasteiger partial charge in [-0.05, 0) is 19.1 Å². The Morgan fingerprint density at radius 2 is 1.80 bits per heavy atom. The summed E-state index contributed by atoms with van der Waals surface area (Å²) in [5.74, 6) is 1.20. The molecule has 0 spiro atoms. The molecule has 1 heterocycles. The molecule has 9 heteroatoms. The van der Waals surface area contributed by atoms with Crippen LogP contribution in [0.3, 0.4) is 0 Å². The number of aromatic nitrogens is 3. The van der Waals surface area contributed by atoms with E-state index in [1.54, 1.807) is 37.2 Å². The zero-order valence-electron chi connectivity index (χ0n) is 14.4. The lowest BCUT2D eigenvalue weighted by atomic mass is 10.3. The number of hydrogen-bond donors (Lipinski definition) is 1. The maximum absolute atomic E-state index is 11.9. The van der Waals surface area contributed by atoms with Crippen LogP contribution in [0, 0.1) is 0 Å². The molecule has 0 unspecified atom stereocenters. The third kappa shape index (κ3) is 5.48. The molecule has 2 aromatic rings. The van der Waals surface area contributed by atoms with Crippen molar-refractivity contribution in [3.05, 3.63) is 30.1 Å². The molecular weight excluding hydrogens is 326 g/mol. The molecule has 0 atom stereocenters. The highest BCUT2D eigenvalue weighted by Crippen LogP contribution is 2.26. The minimum absolute atomic E-state index is 0.0617. The predicted molar refractivity (Wildman–Crippen MR) is 91.5 cm³/mol. The standard InChI is InChI=1S/C16H21N5O4/c1-4-23-11-7-5-6-8-12(11)24-10-14(22)25-9-13-18-15(17)20-16(19-13)21(2)3/h5-8H,4,9-10H2,1-3H3,(H2,17,18,19,20). The number of para-hydroxylation sites is 2. The summed E-state index contributed by atoms with van der Waals surface area (Å²) in [5.41, 5.74) is 5.62. The van der Waals surface area contributed by atoms with Crippen molar-refractivity contribution in [1.82, 2.24) is 15.0 Å². The van der Waals surface area contributed by atoms with E-state index in [9.17, 15) is 4.79 Å². The highest BCUT2D eigenvalue weighted by molar-refractivity contribution is 5.71. The Kier molecular flexibility index (Phi) is 6.33. The SMILES string of the molecule is CCOc1ccccc1OCC(=O)OCc1nc(N)nc(N(C)C)n1. The van der Waals surface area contributed by atoms with Crippen molar-refractivity contribution in [3.8, 4) is 11.5 Å². The van der Waals surface area contributed by atoms with Gasteiger partial charge >= 0.3 is 5.97 Å². The first-order chi connectivity index (χ1) is 12.0. The highest BCUT2D eigenvalue weighted by atomic mass is 16.6. The van der Waals surface area contributed by atoms with Crippen LogP contribution in [0.5, 0.6) is 11.5 Å². The number of hydrogen-bond acceptors (Lipinski definition) is 9. The molecule has 1 aromatic carbocycles. The van der Waals surface area contributed by atoms with Gasteiger partial charge in [0.15, 0.2) is 30.5 Å². The van der Waals surface area contributed by atoms with Crippen molar-refractivity contribution < 1.29 is 19.0 Å². The zero-order valence-corrected chi connectivity index (χ0v) is 14.4. The van der Waals surface area contributed by atoms with Crippen LogP contribution in [-0.2, 0) is 16.1 Å². The molecule has 0 saturated carbocycles. The van der Waals surface area contributed by atoms with Crippen molar-refractivity contribution in [2.75, 3.05) is 37.9 Å². The van der Waals surface area contributed by atoms with Gasteiger partial charge in [0.1, 0.15) is 0 Å². The van der Waals surface area contributed by atoms with Crippen LogP contribution >= 0.6 is 0 Å². The van der Waals surface area contributed by atoms with Crippen molar-refractivity contribution in [1.29, 1.82) is 0 Å². The van der Waals surface area contributed by atoms with E-state index in [0.29, 0.717) is 24.1 Å². The number of nitrogens with two attached hydrogens (primary N) is 1. The molecule has 0 amide bonds. The smallest absolute Gasteiger partial charge is 0.344 e. The summed E-state index contributed by atoms with van der Waals surface area (Å²) in [5, 5.41) is 0. The molecule has 2 N–H and O–H groups in total. The fourth-order valence-electron chi connectivity index (χ4n) is 1.86. The average molecular weight is 347 g/mol. The Labute approximate surface area is 145 Å². The van der Waals surface area contributed by atoms with E-state index >= 15 is 0 Å². The molecule has 0 aliphatic heterocycles. The lowest BCUT2D eigenvalue weighted by Crippen LogP contribution is -2.19. The number of carbonyl (C=O) groups excluding carboxylic acids is 1. The van der Waals surface area contributed by atoms with Crippen molar-refractivity contribution in [3.63, 3.8) is 0 Å². The predicted octanol–water partition coefficient (Wildman–Crippen LogP) is 1.04. The Hall–Kier alpha value is -3.10. The van der Waals surface area contributed by atoms with E-state index in [1.165, 1.54) is 0 Å². The van der Waals surface area contributed by atoms with Crippen molar-refractivity contribution >= 4 is 17.9 Å². The number of anilines is 2. The lowest BCUT2D eigenvalue weighted by Gasteiger charge is -2.12. The van der Waals surface area contributed by atoms with Gasteiger partial charge in [-0.25, -0.2) is 4.79 Å². The maximum atomic E-state index is 11.9. The van der Waals surface area contributed by atoms with Crippen LogP contribution in [0.1, 0.15) is 12.7 Å². The Morgan fingerprint density at radius 1 is 1.12 bits per heavy atom. The molecule has 0 radical (unpaired) electrons. The third-order valence-corrected chi connectivity index (χ3v) is 2.94. The number of carbonyl (C=O) groups is 1. The van der Waals surface area contributed by atoms with Crippen molar-refractivity contribution in [2.24, 2.45) is 0 Å². The summed E-state index contributed by atoms with van der Waals surface area (Å²) in [6.07, 6.45) is 0. The molecule has 0 aliphatic rings. The van der Waals surface area contributed by atoms with Gasteiger partial charge < -0.3 is 24.8 Å². The molecule has 0 saturated heterocycles. The Balaban J connectivity index is 1.89. The average Bonchev–Trinajstić information content (AvgIpc) is 2.59. The largest absolute Gasteiger partial charge is 0.490 e. The van der Waals surface area contributed by atoms with Crippen LogP contribution in [0.2, 0.25) is 0 Å². The van der Waals surface area contributed by atoms with Crippen LogP contribution in [0.25, 0.3) is 0 Å². The van der Waals surface area contributed by atoms with E-state index in [2.05, 4.69) is 15.0 Å². The quantitative estimate of drug-likeness (QED) is 0.700. The first-order valence-corrected chi connectivity index (χ1v) is 7.67. The number of benzene rings is 1. The zero-order chi connectivity index (χ0) is 18.2. The van der Waals surface area contributed by atoms with Gasteiger partial charge in [-0.15, -0.1) is 0 Å². The Bertz CT molecular complexity index is 723. The summed E-state index contributed by atoms with van der Waals surface area (Å²) in [6.45, 7) is 1.99. The number of rotatable bonds is 8. The normalized spacial score (nSPS) is 10.2. The molecule has 25 heavy (non-hydrogen) atoms. The van der Waals surface area contributed by atoms with Gasteiger partial charge in [0.05, 0.1) is 6.61 Å². The van der Waals surface area contributed by atoms with Crippen LogP contribution in [0.4, 0.5) is 11.9 Å². The molecule has 0 aliphatic carbocycles. The molecule has 9 nitrogen and oxygen atoms in total. The van der Waals surface area contributed by atoms with Gasteiger partial charge in [0.25, 0.3) is 0 Å². The summed E-state index contributed by atoms with van der Waals surface area (Å²) < 4.78 is 16.0. The topological polar surface area (TPSA) is 113 Å². The van der Waals surface area contributed by atoms with E-state index in [-0.39, 0.29) is 25.0 Å². The number of nitrogen functional groups attached to an aromatic ring is 1. The second kappa shape index (κ2) is 8.67. The number of ether oxygens (including phenoxy) is 3. The second-order valence-electron chi connectivity index (χ2n) is 5.13. The molecule has 0 bridgehead atoms. The summed E-state index contributed by atoms with van der Waals surface area (Å²) >= 11 is 0. The Morgan fingerprint density at radius 3 is 2.44 bits per heavy atom.